The number of rotatable bonds is 5. The molecule has 2 nitrogen and oxygen atoms in total. The molecule has 0 aliphatic rings. The predicted octanol–water partition coefficient (Wildman–Crippen LogP) is 3.27. The van der Waals surface area contributed by atoms with Gasteiger partial charge in [0.25, 0.3) is 0 Å². The summed E-state index contributed by atoms with van der Waals surface area (Å²) in [6, 6.07) is 0. The van der Waals surface area contributed by atoms with Gasteiger partial charge in [-0.2, -0.15) is 43.9 Å². The Morgan fingerprint density at radius 3 is 1.26 bits per heavy atom. The maximum atomic E-state index is 12.6. The molecule has 12 heteroatoms. The Balaban J connectivity index is 5.99. The lowest BCUT2D eigenvalue weighted by Gasteiger charge is -2.37. The van der Waals surface area contributed by atoms with E-state index in [0.29, 0.717) is 0 Å². The lowest BCUT2D eigenvalue weighted by Crippen LogP contribution is -2.68. The molecule has 0 aromatic heterocycles. The highest BCUT2D eigenvalue weighted by molar-refractivity contribution is 5.77. The van der Waals surface area contributed by atoms with E-state index in [-0.39, 0.29) is 0 Å². The predicted molar refractivity (Wildman–Crippen MR) is 38.0 cm³/mol. The van der Waals surface area contributed by atoms with Gasteiger partial charge in [0.2, 0.25) is 0 Å². The van der Waals surface area contributed by atoms with Crippen molar-refractivity contribution in [2.24, 2.45) is 0 Å². The van der Waals surface area contributed by atoms with Crippen molar-refractivity contribution in [3.8, 4) is 0 Å². The van der Waals surface area contributed by atoms with Gasteiger partial charge >= 0.3 is 35.6 Å². The molecule has 0 heterocycles. The zero-order valence-electron chi connectivity index (χ0n) is 8.64. The fourth-order valence-electron chi connectivity index (χ4n) is 0.804. The first-order chi connectivity index (χ1) is 7.94. The first kappa shape index (κ1) is 17.8. The number of alkyl halides is 10. The smallest absolute Gasteiger partial charge is 0.410 e. The van der Waals surface area contributed by atoms with Gasteiger partial charge in [-0.15, -0.1) is 0 Å². The Morgan fingerprint density at radius 1 is 0.737 bits per heavy atom. The summed E-state index contributed by atoms with van der Waals surface area (Å²) >= 11 is 0. The van der Waals surface area contributed by atoms with Gasteiger partial charge in [0.15, 0.2) is 0 Å². The van der Waals surface area contributed by atoms with Crippen molar-refractivity contribution in [3.63, 3.8) is 0 Å². The molecule has 0 bridgehead atoms. The van der Waals surface area contributed by atoms with Gasteiger partial charge < -0.3 is 5.11 Å². The van der Waals surface area contributed by atoms with Gasteiger partial charge in [0, 0.05) is 6.92 Å². The van der Waals surface area contributed by atoms with Crippen LogP contribution < -0.4 is 0 Å². The number of hydrogen-bond donors (Lipinski definition) is 1. The molecule has 1 N–H and O–H groups in total. The fraction of sp³-hybridized carbons (Fsp3) is 0.857. The third kappa shape index (κ3) is 2.20. The van der Waals surface area contributed by atoms with Crippen molar-refractivity contribution < 1.29 is 53.8 Å². The zero-order chi connectivity index (χ0) is 16.1. The maximum Gasteiger partial charge on any atom is 0.410 e. The molecule has 0 amide bonds. The quantitative estimate of drug-likeness (QED) is 0.791. The summed E-state index contributed by atoms with van der Waals surface area (Å²) in [5.41, 5.74) is 0. The van der Waals surface area contributed by atoms with E-state index in [1.165, 1.54) is 0 Å². The Bertz CT molecular complexity index is 369. The Morgan fingerprint density at radius 2 is 1.05 bits per heavy atom. The van der Waals surface area contributed by atoms with E-state index in [9.17, 15) is 48.7 Å². The van der Waals surface area contributed by atoms with Crippen molar-refractivity contribution in [2.45, 2.75) is 36.5 Å². The average Bonchev–Trinajstić information content (AvgIpc) is 2.14. The number of halogens is 10. The standard InChI is InChI=1S/C7H4F10O2/c1-3(8,9)5(12,13)7(16,17)6(14,15)4(10,11)2(18)19/h1H3,(H,18,19). The molecule has 0 spiro atoms. The molecule has 0 saturated carbocycles. The van der Waals surface area contributed by atoms with E-state index < -0.39 is 42.5 Å². The minimum atomic E-state index is -7.31. The van der Waals surface area contributed by atoms with Crippen LogP contribution in [0.2, 0.25) is 0 Å². The SMILES string of the molecule is CC(F)(F)C(F)(F)C(F)(F)C(F)(F)C(F)(F)C(=O)O. The van der Waals surface area contributed by atoms with Crippen molar-refractivity contribution in [1.82, 2.24) is 0 Å². The van der Waals surface area contributed by atoms with Gasteiger partial charge in [-0.05, 0) is 0 Å². The number of carboxylic acid groups (broad SMARTS) is 1. The van der Waals surface area contributed by atoms with Crippen LogP contribution in [-0.4, -0.2) is 40.7 Å². The Kier molecular flexibility index (Phi) is 3.86. The second-order valence-corrected chi connectivity index (χ2v) is 3.49. The summed E-state index contributed by atoms with van der Waals surface area (Å²) in [5, 5.41) is 7.61. The summed E-state index contributed by atoms with van der Waals surface area (Å²) < 4.78 is 124. The molecule has 0 aromatic carbocycles. The van der Waals surface area contributed by atoms with E-state index in [2.05, 4.69) is 0 Å². The van der Waals surface area contributed by atoms with E-state index in [1.54, 1.807) is 0 Å². The fourth-order valence-corrected chi connectivity index (χ4v) is 0.804. The van der Waals surface area contributed by atoms with Crippen LogP contribution >= 0.6 is 0 Å². The molecule has 0 saturated heterocycles. The molecule has 0 fully saturated rings. The molecular weight excluding hydrogens is 306 g/mol. The zero-order valence-corrected chi connectivity index (χ0v) is 8.64. The first-order valence-corrected chi connectivity index (χ1v) is 4.07. The molecule has 0 aromatic rings. The number of carbonyl (C=O) groups is 1. The molecule has 0 aliphatic carbocycles. The van der Waals surface area contributed by atoms with Crippen LogP contribution in [0.5, 0.6) is 0 Å². The lowest BCUT2D eigenvalue weighted by molar-refractivity contribution is -0.393. The van der Waals surface area contributed by atoms with Gasteiger partial charge in [0.1, 0.15) is 0 Å². The molecule has 0 atom stereocenters. The monoisotopic (exact) mass is 310 g/mol. The van der Waals surface area contributed by atoms with E-state index in [4.69, 9.17) is 5.11 Å². The molecule has 19 heavy (non-hydrogen) atoms. The lowest BCUT2D eigenvalue weighted by atomic mass is 9.95. The third-order valence-electron chi connectivity index (χ3n) is 2.00. The Labute approximate surface area is 97.5 Å². The molecular formula is C7H4F10O2. The highest BCUT2D eigenvalue weighted by atomic mass is 19.4. The van der Waals surface area contributed by atoms with Crippen LogP contribution in [-0.2, 0) is 4.79 Å². The van der Waals surface area contributed by atoms with Crippen LogP contribution in [0.15, 0.2) is 0 Å². The van der Waals surface area contributed by atoms with Crippen LogP contribution in [0.4, 0.5) is 43.9 Å². The van der Waals surface area contributed by atoms with Crippen LogP contribution in [0, 0.1) is 0 Å². The molecule has 0 radical (unpaired) electrons. The van der Waals surface area contributed by atoms with E-state index in [1.807, 2.05) is 0 Å². The largest absolute Gasteiger partial charge is 0.477 e. The van der Waals surface area contributed by atoms with Crippen molar-refractivity contribution >= 4 is 5.97 Å². The van der Waals surface area contributed by atoms with Gasteiger partial charge in [-0.3, -0.25) is 0 Å². The highest BCUT2D eigenvalue weighted by Gasteiger charge is 2.87. The molecule has 114 valence electrons. The van der Waals surface area contributed by atoms with Gasteiger partial charge in [-0.1, -0.05) is 0 Å². The first-order valence-electron chi connectivity index (χ1n) is 4.07. The number of aliphatic carboxylic acids is 1. The van der Waals surface area contributed by atoms with Crippen LogP contribution in [0.3, 0.4) is 0 Å². The van der Waals surface area contributed by atoms with Crippen LogP contribution in [0.1, 0.15) is 6.92 Å². The number of carboxylic acids is 1. The molecule has 0 unspecified atom stereocenters. The van der Waals surface area contributed by atoms with Crippen LogP contribution in [0.25, 0.3) is 0 Å². The Hall–Kier alpha value is -1.23. The van der Waals surface area contributed by atoms with Gasteiger partial charge in [-0.25, -0.2) is 4.79 Å². The minimum absolute atomic E-state index is 0.907. The molecule has 0 rings (SSSR count). The van der Waals surface area contributed by atoms with Crippen molar-refractivity contribution in [2.75, 3.05) is 0 Å². The maximum absolute atomic E-state index is 12.6. The molecule has 0 aliphatic heterocycles. The normalized spacial score (nSPS) is 15.5. The van der Waals surface area contributed by atoms with E-state index >= 15 is 0 Å². The van der Waals surface area contributed by atoms with Crippen molar-refractivity contribution in [1.29, 1.82) is 0 Å². The second kappa shape index (κ2) is 4.13. The second-order valence-electron chi connectivity index (χ2n) is 3.49. The summed E-state index contributed by atoms with van der Waals surface area (Å²) in [5.74, 6) is -37.8. The summed E-state index contributed by atoms with van der Waals surface area (Å²) in [4.78, 5) is 9.70. The summed E-state index contributed by atoms with van der Waals surface area (Å²) in [6.07, 6.45) is 0. The van der Waals surface area contributed by atoms with Crippen molar-refractivity contribution in [3.05, 3.63) is 0 Å². The summed E-state index contributed by atoms with van der Waals surface area (Å²) in [7, 11) is 0. The van der Waals surface area contributed by atoms with E-state index in [0.717, 1.165) is 0 Å². The topological polar surface area (TPSA) is 37.3 Å². The average molecular weight is 310 g/mol. The number of hydrogen-bond acceptors (Lipinski definition) is 1. The van der Waals surface area contributed by atoms with Gasteiger partial charge in [0.05, 0.1) is 0 Å². The third-order valence-corrected chi connectivity index (χ3v) is 2.00. The highest BCUT2D eigenvalue weighted by Crippen LogP contribution is 2.56. The minimum Gasteiger partial charge on any atom is -0.477 e. The summed E-state index contributed by atoms with van der Waals surface area (Å²) in [6.45, 7) is -0.907.